The van der Waals surface area contributed by atoms with Gasteiger partial charge in [0.2, 0.25) is 5.95 Å². The zero-order valence-electron chi connectivity index (χ0n) is 19.6. The highest BCUT2D eigenvalue weighted by Crippen LogP contribution is 2.33. The maximum absolute atomic E-state index is 15.2. The molecular formula is C26H23FN6O3. The van der Waals surface area contributed by atoms with Gasteiger partial charge in [-0.15, -0.1) is 0 Å². The quantitative estimate of drug-likeness (QED) is 0.284. The van der Waals surface area contributed by atoms with Gasteiger partial charge in [-0.1, -0.05) is 24.3 Å². The molecule has 0 unspecified atom stereocenters. The maximum Gasteiger partial charge on any atom is 0.321 e. The minimum absolute atomic E-state index is 0.269. The number of methoxy groups -OCH3 is 1. The number of ether oxygens (including phenoxy) is 1. The summed E-state index contributed by atoms with van der Waals surface area (Å²) in [6.07, 6.45) is 0.318. The monoisotopic (exact) mass is 486 g/mol. The lowest BCUT2D eigenvalue weighted by atomic mass is 9.97. The molecule has 0 atom stereocenters. The smallest absolute Gasteiger partial charge is 0.321 e. The summed E-state index contributed by atoms with van der Waals surface area (Å²) in [7, 11) is 1.48. The molecule has 182 valence electrons. The number of hydrogen-bond donors (Lipinski definition) is 4. The van der Waals surface area contributed by atoms with E-state index in [0.29, 0.717) is 63.5 Å². The van der Waals surface area contributed by atoms with Gasteiger partial charge >= 0.3 is 6.03 Å². The SMILES string of the molecule is CCNC(=O)Nc1nc2cc(-c3cc(Cc4n[nH]c(=O)c5ccccc45)c(OC)cc3F)ccc2[nH]1. The molecule has 0 radical (unpaired) electrons. The number of urea groups is 1. The predicted octanol–water partition coefficient (Wildman–Crippen LogP) is 4.35. The number of nitrogens with zero attached hydrogens (tertiary/aromatic N) is 2. The molecule has 0 aliphatic heterocycles. The number of benzene rings is 3. The normalized spacial score (nSPS) is 11.1. The molecule has 2 aromatic heterocycles. The number of halogens is 1. The molecule has 4 N–H and O–H groups in total. The average Bonchev–Trinajstić information content (AvgIpc) is 3.28. The number of anilines is 1. The Morgan fingerprint density at radius 1 is 1.11 bits per heavy atom. The van der Waals surface area contributed by atoms with Crippen LogP contribution < -0.4 is 20.9 Å². The van der Waals surface area contributed by atoms with Crippen LogP contribution in [-0.2, 0) is 6.42 Å². The first kappa shape index (κ1) is 23.0. The van der Waals surface area contributed by atoms with Crippen LogP contribution in [0.25, 0.3) is 32.9 Å². The van der Waals surface area contributed by atoms with Gasteiger partial charge in [-0.05, 0) is 36.8 Å². The Bertz CT molecular complexity index is 1660. The molecule has 0 aliphatic carbocycles. The Morgan fingerprint density at radius 2 is 1.92 bits per heavy atom. The highest BCUT2D eigenvalue weighted by molar-refractivity contribution is 5.91. The third-order valence-corrected chi connectivity index (χ3v) is 5.87. The third kappa shape index (κ3) is 4.36. The summed E-state index contributed by atoms with van der Waals surface area (Å²) in [6.45, 7) is 2.30. The molecule has 0 saturated carbocycles. The fraction of sp³-hybridized carbons (Fsp3) is 0.154. The summed E-state index contributed by atoms with van der Waals surface area (Å²) in [5, 5.41) is 13.3. The van der Waals surface area contributed by atoms with E-state index in [-0.39, 0.29) is 11.6 Å². The topological polar surface area (TPSA) is 125 Å². The van der Waals surface area contributed by atoms with Crippen LogP contribution in [0, 0.1) is 5.82 Å². The van der Waals surface area contributed by atoms with Crippen molar-refractivity contribution in [3.8, 4) is 16.9 Å². The Labute approximate surface area is 204 Å². The third-order valence-electron chi connectivity index (χ3n) is 5.87. The molecule has 36 heavy (non-hydrogen) atoms. The molecule has 0 saturated heterocycles. The van der Waals surface area contributed by atoms with E-state index >= 15 is 4.39 Å². The molecule has 0 fully saturated rings. The summed E-state index contributed by atoms with van der Waals surface area (Å²) in [5.74, 6) is 0.216. The predicted molar refractivity (Wildman–Crippen MR) is 136 cm³/mol. The molecule has 5 rings (SSSR count). The maximum atomic E-state index is 15.2. The first-order valence-electron chi connectivity index (χ1n) is 11.3. The fourth-order valence-electron chi connectivity index (χ4n) is 4.18. The second-order valence-electron chi connectivity index (χ2n) is 8.17. The summed E-state index contributed by atoms with van der Waals surface area (Å²) in [5.41, 5.74) is 3.33. The van der Waals surface area contributed by atoms with E-state index in [1.165, 1.54) is 13.2 Å². The lowest BCUT2D eigenvalue weighted by Gasteiger charge is -2.13. The van der Waals surface area contributed by atoms with E-state index in [9.17, 15) is 9.59 Å². The molecule has 0 spiro atoms. The average molecular weight is 487 g/mol. The highest BCUT2D eigenvalue weighted by Gasteiger charge is 2.16. The number of aromatic nitrogens is 4. The highest BCUT2D eigenvalue weighted by atomic mass is 19.1. The number of hydrogen-bond acceptors (Lipinski definition) is 5. The Hall–Kier alpha value is -4.73. The van der Waals surface area contributed by atoms with Crippen molar-refractivity contribution < 1.29 is 13.9 Å². The van der Waals surface area contributed by atoms with E-state index in [1.807, 2.05) is 19.1 Å². The van der Waals surface area contributed by atoms with Crippen molar-refractivity contribution in [2.45, 2.75) is 13.3 Å². The molecule has 9 nitrogen and oxygen atoms in total. The number of carbonyl (C=O) groups is 1. The van der Waals surface area contributed by atoms with Crippen LogP contribution in [0.15, 0.2) is 59.4 Å². The molecule has 2 heterocycles. The lowest BCUT2D eigenvalue weighted by Crippen LogP contribution is -2.28. The summed E-state index contributed by atoms with van der Waals surface area (Å²) < 4.78 is 20.6. The summed E-state index contributed by atoms with van der Waals surface area (Å²) in [4.78, 5) is 31.4. The van der Waals surface area contributed by atoms with Gasteiger partial charge in [-0.2, -0.15) is 5.10 Å². The number of imidazole rings is 1. The van der Waals surface area contributed by atoms with Crippen LogP contribution in [0.1, 0.15) is 18.2 Å². The van der Waals surface area contributed by atoms with Crippen LogP contribution in [0.2, 0.25) is 0 Å². The van der Waals surface area contributed by atoms with Crippen LogP contribution in [0.3, 0.4) is 0 Å². The number of aromatic amines is 2. The van der Waals surface area contributed by atoms with Crippen LogP contribution >= 0.6 is 0 Å². The number of H-pyrrole nitrogens is 2. The van der Waals surface area contributed by atoms with Crippen molar-refractivity contribution in [1.82, 2.24) is 25.5 Å². The van der Waals surface area contributed by atoms with Crippen molar-refractivity contribution in [2.75, 3.05) is 19.0 Å². The summed E-state index contributed by atoms with van der Waals surface area (Å²) in [6, 6.07) is 15.2. The van der Waals surface area contributed by atoms with Gasteiger partial charge in [0.15, 0.2) is 0 Å². The fourth-order valence-corrected chi connectivity index (χ4v) is 4.18. The molecule has 3 aromatic carbocycles. The van der Waals surface area contributed by atoms with Crippen molar-refractivity contribution in [3.05, 3.63) is 82.0 Å². The lowest BCUT2D eigenvalue weighted by molar-refractivity contribution is 0.252. The van der Waals surface area contributed by atoms with Gasteiger partial charge in [-0.3, -0.25) is 10.1 Å². The number of amides is 2. The first-order chi connectivity index (χ1) is 17.5. The molecule has 0 bridgehead atoms. The molecule has 5 aromatic rings. The molecule has 0 aliphatic rings. The van der Waals surface area contributed by atoms with Crippen LogP contribution in [0.5, 0.6) is 5.75 Å². The van der Waals surface area contributed by atoms with E-state index < -0.39 is 5.82 Å². The second kappa shape index (κ2) is 9.49. The van der Waals surface area contributed by atoms with Gasteiger partial charge in [0.05, 0.1) is 29.2 Å². The molecule has 10 heteroatoms. The minimum atomic E-state index is -0.453. The Kier molecular flexibility index (Phi) is 6.07. The van der Waals surface area contributed by atoms with Crippen molar-refractivity contribution in [2.24, 2.45) is 0 Å². The first-order valence-corrected chi connectivity index (χ1v) is 11.3. The van der Waals surface area contributed by atoms with E-state index in [4.69, 9.17) is 4.74 Å². The van der Waals surface area contributed by atoms with E-state index in [1.54, 1.807) is 36.4 Å². The van der Waals surface area contributed by atoms with Crippen LogP contribution in [0.4, 0.5) is 15.1 Å². The van der Waals surface area contributed by atoms with Crippen molar-refractivity contribution >= 4 is 33.8 Å². The standard InChI is InChI=1S/C26H23FN6O3/c1-3-28-26(35)31-25-29-20-9-8-14(11-22(20)30-25)18-10-15(23(36-2)13-19(18)27)12-21-16-6-4-5-7-17(16)24(34)33-32-21/h4-11,13H,3,12H2,1-2H3,(H,33,34)(H3,28,29,30,31,35). The zero-order chi connectivity index (χ0) is 25.2. The Balaban J connectivity index is 1.54. The molecular weight excluding hydrogens is 463 g/mol. The zero-order valence-corrected chi connectivity index (χ0v) is 19.6. The minimum Gasteiger partial charge on any atom is -0.496 e. The van der Waals surface area contributed by atoms with Crippen molar-refractivity contribution in [1.29, 1.82) is 0 Å². The van der Waals surface area contributed by atoms with Gasteiger partial charge in [-0.25, -0.2) is 19.3 Å². The summed E-state index contributed by atoms with van der Waals surface area (Å²) >= 11 is 0. The van der Waals surface area contributed by atoms with Gasteiger partial charge in [0.1, 0.15) is 11.6 Å². The second-order valence-corrected chi connectivity index (χ2v) is 8.17. The van der Waals surface area contributed by atoms with Gasteiger partial charge in [0, 0.05) is 35.5 Å². The number of nitrogens with one attached hydrogen (secondary N) is 4. The van der Waals surface area contributed by atoms with Gasteiger partial charge in [0.25, 0.3) is 5.56 Å². The van der Waals surface area contributed by atoms with Gasteiger partial charge < -0.3 is 15.0 Å². The van der Waals surface area contributed by atoms with Crippen LogP contribution in [-0.4, -0.2) is 39.9 Å². The van der Waals surface area contributed by atoms with E-state index in [0.717, 1.165) is 5.39 Å². The van der Waals surface area contributed by atoms with Crippen molar-refractivity contribution in [3.63, 3.8) is 0 Å². The number of carbonyl (C=O) groups excluding carboxylic acids is 1. The largest absolute Gasteiger partial charge is 0.496 e. The Morgan fingerprint density at radius 3 is 2.69 bits per heavy atom. The number of rotatable bonds is 6. The van der Waals surface area contributed by atoms with E-state index in [2.05, 4.69) is 30.8 Å². The molecule has 2 amide bonds. The number of fused-ring (bicyclic) bond motifs is 2.